The molecule has 12 heteroatoms. The summed E-state index contributed by atoms with van der Waals surface area (Å²) in [6.07, 6.45) is 5.19. The first-order valence-electron chi connectivity index (χ1n) is 19.6. The topological polar surface area (TPSA) is 150 Å². The highest BCUT2D eigenvalue weighted by Crippen LogP contribution is 2.30. The summed E-state index contributed by atoms with van der Waals surface area (Å²) in [5, 5.41) is 20.5. The molecule has 0 spiro atoms. The summed E-state index contributed by atoms with van der Waals surface area (Å²) in [6, 6.07) is 8.31. The van der Waals surface area contributed by atoms with Crippen LogP contribution in [0.5, 0.6) is 0 Å². The SMILES string of the molecule is CC[C@H](C)[C@H](NC(=O)[C@@H](C[C@H](O)[C@H](CC1CCCCC1)NC(=O)OC(C)(C)C)C(C)C)C(=O)NCCN1CCN(C(=O)OCc2ccccc2)CC1. The predicted molar refractivity (Wildman–Crippen MR) is 202 cm³/mol. The van der Waals surface area contributed by atoms with Gasteiger partial charge in [0.05, 0.1) is 12.1 Å². The van der Waals surface area contributed by atoms with Crippen LogP contribution in [0.2, 0.25) is 0 Å². The number of carbonyl (C=O) groups is 4. The number of hydrogen-bond acceptors (Lipinski definition) is 8. The summed E-state index contributed by atoms with van der Waals surface area (Å²) < 4.78 is 11.0. The van der Waals surface area contributed by atoms with Gasteiger partial charge < -0.3 is 35.4 Å². The number of rotatable bonds is 17. The average Bonchev–Trinajstić information content (AvgIpc) is 3.11. The Morgan fingerprint density at radius 2 is 1.58 bits per heavy atom. The molecule has 1 aromatic carbocycles. The molecular weight excluding hydrogens is 662 g/mol. The van der Waals surface area contributed by atoms with E-state index in [1.54, 1.807) is 25.7 Å². The number of nitrogens with one attached hydrogen (secondary N) is 3. The summed E-state index contributed by atoms with van der Waals surface area (Å²) in [4.78, 5) is 56.6. The van der Waals surface area contributed by atoms with Gasteiger partial charge in [-0.1, -0.05) is 96.6 Å². The number of ether oxygens (including phenoxy) is 2. The van der Waals surface area contributed by atoms with Gasteiger partial charge in [-0.2, -0.15) is 0 Å². The summed E-state index contributed by atoms with van der Waals surface area (Å²) >= 11 is 0. The smallest absolute Gasteiger partial charge is 0.410 e. The molecule has 52 heavy (non-hydrogen) atoms. The molecule has 1 saturated carbocycles. The van der Waals surface area contributed by atoms with Crippen molar-refractivity contribution in [1.29, 1.82) is 0 Å². The molecule has 1 aliphatic carbocycles. The van der Waals surface area contributed by atoms with Crippen molar-refractivity contribution in [3.63, 3.8) is 0 Å². The van der Waals surface area contributed by atoms with Gasteiger partial charge in [0, 0.05) is 45.2 Å². The standard InChI is InChI=1S/C40H67N5O7/c1-8-29(4)35(37(48)41-19-20-44-21-23-45(24-22-44)39(50)51-27-31-17-13-10-14-18-31)43-36(47)32(28(2)3)26-34(46)33(25-30-15-11-9-12-16-30)42-38(49)52-40(5,6)7/h10,13-14,17-18,28-30,32-35,46H,8-9,11-12,15-16,19-27H2,1-7H3,(H,41,48)(H,42,49)(H,43,47)/t29-,32-,33-,34-,35-/m0/s1. The van der Waals surface area contributed by atoms with Crippen LogP contribution in [0.25, 0.3) is 0 Å². The van der Waals surface area contributed by atoms with Crippen molar-refractivity contribution in [2.45, 2.75) is 130 Å². The summed E-state index contributed by atoms with van der Waals surface area (Å²) in [7, 11) is 0. The molecule has 294 valence electrons. The summed E-state index contributed by atoms with van der Waals surface area (Å²) in [6.45, 7) is 16.9. The molecule has 3 rings (SSSR count). The minimum Gasteiger partial charge on any atom is -0.445 e. The molecule has 4 amide bonds. The minimum atomic E-state index is -0.963. The molecule has 0 unspecified atom stereocenters. The fraction of sp³-hybridized carbons (Fsp3) is 0.750. The number of alkyl carbamates (subject to hydrolysis) is 1. The molecule has 0 aromatic heterocycles. The Bertz CT molecular complexity index is 1240. The molecule has 0 bridgehead atoms. The van der Waals surface area contributed by atoms with Crippen molar-refractivity contribution < 1.29 is 33.8 Å². The van der Waals surface area contributed by atoms with Gasteiger partial charge in [0.25, 0.3) is 0 Å². The number of aliphatic hydroxyl groups is 1. The molecule has 12 nitrogen and oxygen atoms in total. The normalized spacial score (nSPS) is 18.8. The third-order valence-electron chi connectivity index (χ3n) is 10.5. The Morgan fingerprint density at radius 3 is 2.17 bits per heavy atom. The maximum absolute atomic E-state index is 13.8. The lowest BCUT2D eigenvalue weighted by Crippen LogP contribution is -2.54. The Labute approximate surface area is 312 Å². The van der Waals surface area contributed by atoms with Crippen LogP contribution in [0, 0.1) is 23.7 Å². The van der Waals surface area contributed by atoms with Crippen LogP contribution >= 0.6 is 0 Å². The first-order valence-corrected chi connectivity index (χ1v) is 19.6. The lowest BCUT2D eigenvalue weighted by molar-refractivity contribution is -0.134. The molecule has 5 atom stereocenters. The van der Waals surface area contributed by atoms with E-state index in [1.165, 1.54) is 6.42 Å². The molecule has 1 aliphatic heterocycles. The monoisotopic (exact) mass is 730 g/mol. The number of benzene rings is 1. The van der Waals surface area contributed by atoms with Gasteiger partial charge in [-0.05, 0) is 56.9 Å². The number of hydrogen-bond donors (Lipinski definition) is 4. The van der Waals surface area contributed by atoms with Crippen molar-refractivity contribution in [3.8, 4) is 0 Å². The maximum atomic E-state index is 13.8. The van der Waals surface area contributed by atoms with E-state index in [-0.39, 0.29) is 42.8 Å². The lowest BCUT2D eigenvalue weighted by atomic mass is 9.81. The van der Waals surface area contributed by atoms with E-state index in [9.17, 15) is 24.3 Å². The molecule has 1 heterocycles. The number of carbonyl (C=O) groups excluding carboxylic acids is 4. The van der Waals surface area contributed by atoms with Crippen LogP contribution < -0.4 is 16.0 Å². The van der Waals surface area contributed by atoms with Gasteiger partial charge in [0.2, 0.25) is 11.8 Å². The third-order valence-corrected chi connectivity index (χ3v) is 10.5. The summed E-state index contributed by atoms with van der Waals surface area (Å²) in [5.74, 6) is -0.923. The van der Waals surface area contributed by atoms with E-state index in [2.05, 4.69) is 20.9 Å². The molecule has 1 saturated heterocycles. The fourth-order valence-corrected chi connectivity index (χ4v) is 7.03. The van der Waals surface area contributed by atoms with Crippen molar-refractivity contribution in [2.24, 2.45) is 23.7 Å². The van der Waals surface area contributed by atoms with Crippen molar-refractivity contribution in [3.05, 3.63) is 35.9 Å². The Morgan fingerprint density at radius 1 is 0.923 bits per heavy atom. The second-order valence-electron chi connectivity index (χ2n) is 16.2. The van der Waals surface area contributed by atoms with Crippen molar-refractivity contribution >= 4 is 24.0 Å². The lowest BCUT2D eigenvalue weighted by Gasteiger charge is -2.34. The van der Waals surface area contributed by atoms with Crippen molar-refractivity contribution in [1.82, 2.24) is 25.8 Å². The van der Waals surface area contributed by atoms with Gasteiger partial charge >= 0.3 is 12.2 Å². The zero-order chi connectivity index (χ0) is 38.3. The van der Waals surface area contributed by atoms with Gasteiger partial charge in [0.1, 0.15) is 18.2 Å². The predicted octanol–water partition coefficient (Wildman–Crippen LogP) is 5.47. The highest BCUT2D eigenvalue weighted by atomic mass is 16.6. The number of piperazine rings is 1. The Balaban J connectivity index is 1.53. The van der Waals surface area contributed by atoms with Crippen LogP contribution in [0.15, 0.2) is 30.3 Å². The first-order chi connectivity index (χ1) is 24.7. The molecule has 2 fully saturated rings. The van der Waals surface area contributed by atoms with Crippen LogP contribution in [0.1, 0.15) is 105 Å². The molecule has 4 N–H and O–H groups in total. The van der Waals surface area contributed by atoms with Crippen LogP contribution in [-0.4, -0.2) is 102 Å². The molecule has 0 radical (unpaired) electrons. The van der Waals surface area contributed by atoms with E-state index in [1.807, 2.05) is 58.0 Å². The van der Waals surface area contributed by atoms with Gasteiger partial charge in [0.15, 0.2) is 0 Å². The fourth-order valence-electron chi connectivity index (χ4n) is 7.03. The molecular formula is C40H67N5O7. The van der Waals surface area contributed by atoms with E-state index in [0.29, 0.717) is 58.0 Å². The second kappa shape index (κ2) is 21.4. The zero-order valence-electron chi connectivity index (χ0n) is 32.8. The van der Waals surface area contributed by atoms with E-state index in [0.717, 1.165) is 31.2 Å². The van der Waals surface area contributed by atoms with E-state index >= 15 is 0 Å². The molecule has 2 aliphatic rings. The van der Waals surface area contributed by atoms with Crippen LogP contribution in [-0.2, 0) is 25.7 Å². The number of aliphatic hydroxyl groups excluding tert-OH is 1. The third kappa shape index (κ3) is 14.9. The van der Waals surface area contributed by atoms with E-state index < -0.39 is 35.8 Å². The highest BCUT2D eigenvalue weighted by Gasteiger charge is 2.35. The minimum absolute atomic E-state index is 0.110. The zero-order valence-corrected chi connectivity index (χ0v) is 32.8. The average molecular weight is 730 g/mol. The summed E-state index contributed by atoms with van der Waals surface area (Å²) in [5.41, 5.74) is 0.268. The van der Waals surface area contributed by atoms with Gasteiger partial charge in [-0.15, -0.1) is 0 Å². The first kappa shape index (κ1) is 43.0. The number of nitrogens with zero attached hydrogens (tertiary/aromatic N) is 2. The van der Waals surface area contributed by atoms with Crippen molar-refractivity contribution in [2.75, 3.05) is 39.3 Å². The van der Waals surface area contributed by atoms with Gasteiger partial charge in [-0.3, -0.25) is 14.5 Å². The quantitative estimate of drug-likeness (QED) is 0.165. The van der Waals surface area contributed by atoms with Crippen LogP contribution in [0.3, 0.4) is 0 Å². The van der Waals surface area contributed by atoms with Crippen LogP contribution in [0.4, 0.5) is 9.59 Å². The maximum Gasteiger partial charge on any atom is 0.410 e. The van der Waals surface area contributed by atoms with E-state index in [4.69, 9.17) is 9.47 Å². The Hall–Kier alpha value is -3.38. The highest BCUT2D eigenvalue weighted by molar-refractivity contribution is 5.88. The largest absolute Gasteiger partial charge is 0.445 e. The van der Waals surface area contributed by atoms with Gasteiger partial charge in [-0.25, -0.2) is 9.59 Å². The Kier molecular flexibility index (Phi) is 17.7. The second-order valence-corrected chi connectivity index (χ2v) is 16.2. The number of amides is 4. The molecule has 1 aromatic rings.